The lowest BCUT2D eigenvalue weighted by Crippen LogP contribution is -2.49. The van der Waals surface area contributed by atoms with Gasteiger partial charge in [-0.2, -0.15) is 0 Å². The van der Waals surface area contributed by atoms with E-state index in [1.165, 1.54) is 11.1 Å². The number of rotatable bonds is 7. The zero-order valence-electron chi connectivity index (χ0n) is 13.0. The molecule has 0 aromatic heterocycles. The van der Waals surface area contributed by atoms with Crippen LogP contribution in [0.2, 0.25) is 0 Å². The first-order valence-electron chi connectivity index (χ1n) is 7.69. The Kier molecular flexibility index (Phi) is 5.54. The first-order chi connectivity index (χ1) is 10.1. The van der Waals surface area contributed by atoms with E-state index in [0.29, 0.717) is 12.6 Å². The molecule has 2 rings (SSSR count). The van der Waals surface area contributed by atoms with Gasteiger partial charge in [-0.1, -0.05) is 60.7 Å². The fourth-order valence-corrected chi connectivity index (χ4v) is 2.65. The molecule has 0 aliphatic rings. The number of hydrogen-bond donors (Lipinski definition) is 2. The van der Waals surface area contributed by atoms with Gasteiger partial charge in [0.05, 0.1) is 0 Å². The Morgan fingerprint density at radius 1 is 1.00 bits per heavy atom. The fourth-order valence-electron chi connectivity index (χ4n) is 2.65. The van der Waals surface area contributed by atoms with Crippen molar-refractivity contribution < 1.29 is 0 Å². The fraction of sp³-hybridized carbons (Fsp3) is 0.368. The molecule has 3 N–H and O–H groups in total. The number of hydrogen-bond acceptors (Lipinski definition) is 2. The van der Waals surface area contributed by atoms with E-state index in [9.17, 15) is 0 Å². The maximum atomic E-state index is 6.04. The second-order valence-electron chi connectivity index (χ2n) is 6.03. The number of nitrogens with one attached hydrogen (secondary N) is 1. The molecule has 21 heavy (non-hydrogen) atoms. The molecule has 0 saturated carbocycles. The third-order valence-electron chi connectivity index (χ3n) is 4.12. The van der Waals surface area contributed by atoms with E-state index in [1.54, 1.807) is 0 Å². The minimum absolute atomic E-state index is 0.0505. The van der Waals surface area contributed by atoms with E-state index in [-0.39, 0.29) is 5.54 Å². The number of benzene rings is 2. The lowest BCUT2D eigenvalue weighted by Gasteiger charge is -2.33. The van der Waals surface area contributed by atoms with Crippen LogP contribution in [0.5, 0.6) is 0 Å². The molecule has 2 nitrogen and oxygen atoms in total. The summed E-state index contributed by atoms with van der Waals surface area (Å²) in [6.07, 6.45) is 2.08. The summed E-state index contributed by atoms with van der Waals surface area (Å²) in [6, 6.07) is 21.4. The summed E-state index contributed by atoms with van der Waals surface area (Å²) in [6.45, 7) is 5.05. The van der Waals surface area contributed by atoms with Crippen LogP contribution in [-0.4, -0.2) is 12.1 Å². The third kappa shape index (κ3) is 4.69. The Bertz CT molecular complexity index is 524. The first kappa shape index (κ1) is 15.7. The lowest BCUT2D eigenvalue weighted by atomic mass is 9.91. The molecule has 2 aromatic rings. The molecule has 0 radical (unpaired) electrons. The minimum Gasteiger partial charge on any atom is -0.329 e. The van der Waals surface area contributed by atoms with Crippen molar-refractivity contribution in [2.24, 2.45) is 5.73 Å². The van der Waals surface area contributed by atoms with Crippen LogP contribution >= 0.6 is 0 Å². The summed E-state index contributed by atoms with van der Waals surface area (Å²) in [5.74, 6) is 0. The molecule has 0 spiro atoms. The second kappa shape index (κ2) is 7.39. The maximum Gasteiger partial charge on any atom is 0.0297 e. The molecule has 2 heteroatoms. The first-order valence-corrected chi connectivity index (χ1v) is 7.69. The molecule has 2 unspecified atom stereocenters. The Morgan fingerprint density at radius 2 is 1.57 bits per heavy atom. The van der Waals surface area contributed by atoms with Crippen LogP contribution in [0.15, 0.2) is 60.7 Å². The number of aryl methyl sites for hydroxylation is 1. The van der Waals surface area contributed by atoms with Gasteiger partial charge in [0, 0.05) is 18.1 Å². The van der Waals surface area contributed by atoms with Gasteiger partial charge in [-0.15, -0.1) is 0 Å². The molecule has 0 amide bonds. The SMILES string of the molecule is CC(NC(C)(CN)CCc1ccccc1)c1ccccc1. The van der Waals surface area contributed by atoms with Gasteiger partial charge in [0.15, 0.2) is 0 Å². The molecule has 0 fully saturated rings. The molecule has 2 atom stereocenters. The zero-order chi connectivity index (χ0) is 15.1. The summed E-state index contributed by atoms with van der Waals surface area (Å²) in [5, 5.41) is 3.70. The van der Waals surface area contributed by atoms with Crippen molar-refractivity contribution in [3.63, 3.8) is 0 Å². The average molecular weight is 282 g/mol. The molecule has 112 valence electrons. The van der Waals surface area contributed by atoms with Crippen molar-refractivity contribution in [2.75, 3.05) is 6.54 Å². The van der Waals surface area contributed by atoms with E-state index in [0.717, 1.165) is 12.8 Å². The smallest absolute Gasteiger partial charge is 0.0297 e. The normalized spacial score (nSPS) is 15.4. The highest BCUT2D eigenvalue weighted by atomic mass is 15.0. The Balaban J connectivity index is 1.97. The molecule has 0 aliphatic heterocycles. The Hall–Kier alpha value is -1.64. The predicted molar refractivity (Wildman–Crippen MR) is 90.2 cm³/mol. The monoisotopic (exact) mass is 282 g/mol. The van der Waals surface area contributed by atoms with Crippen LogP contribution in [0, 0.1) is 0 Å². The van der Waals surface area contributed by atoms with E-state index in [4.69, 9.17) is 5.73 Å². The van der Waals surface area contributed by atoms with Crippen molar-refractivity contribution in [1.29, 1.82) is 0 Å². The summed E-state index contributed by atoms with van der Waals surface area (Å²) in [5.41, 5.74) is 8.65. The summed E-state index contributed by atoms with van der Waals surface area (Å²) >= 11 is 0. The van der Waals surface area contributed by atoms with Gasteiger partial charge in [0.1, 0.15) is 0 Å². The standard InChI is InChI=1S/C19H26N2/c1-16(18-11-7-4-8-12-18)21-19(2,15-20)14-13-17-9-5-3-6-10-17/h3-12,16,21H,13-15,20H2,1-2H3. The molecule has 0 saturated heterocycles. The van der Waals surface area contributed by atoms with E-state index >= 15 is 0 Å². The predicted octanol–water partition coefficient (Wildman–Crippen LogP) is 3.69. The van der Waals surface area contributed by atoms with Crippen molar-refractivity contribution in [1.82, 2.24) is 5.32 Å². The van der Waals surface area contributed by atoms with Gasteiger partial charge in [0.2, 0.25) is 0 Å². The minimum atomic E-state index is -0.0505. The van der Waals surface area contributed by atoms with Crippen LogP contribution in [-0.2, 0) is 6.42 Å². The molecular formula is C19H26N2. The van der Waals surface area contributed by atoms with Gasteiger partial charge < -0.3 is 11.1 Å². The highest BCUT2D eigenvalue weighted by molar-refractivity contribution is 5.19. The van der Waals surface area contributed by atoms with Crippen LogP contribution in [0.1, 0.15) is 37.4 Å². The quantitative estimate of drug-likeness (QED) is 0.813. The van der Waals surface area contributed by atoms with Crippen LogP contribution in [0.4, 0.5) is 0 Å². The second-order valence-corrected chi connectivity index (χ2v) is 6.03. The largest absolute Gasteiger partial charge is 0.329 e. The summed E-state index contributed by atoms with van der Waals surface area (Å²) < 4.78 is 0. The number of nitrogens with two attached hydrogens (primary N) is 1. The Morgan fingerprint density at radius 3 is 2.14 bits per heavy atom. The highest BCUT2D eigenvalue weighted by Crippen LogP contribution is 2.20. The zero-order valence-corrected chi connectivity index (χ0v) is 13.0. The van der Waals surface area contributed by atoms with Crippen molar-refractivity contribution in [2.45, 2.75) is 38.3 Å². The van der Waals surface area contributed by atoms with Gasteiger partial charge in [-0.25, -0.2) is 0 Å². The molecule has 0 bridgehead atoms. The van der Waals surface area contributed by atoms with Crippen LogP contribution in [0.25, 0.3) is 0 Å². The highest BCUT2D eigenvalue weighted by Gasteiger charge is 2.24. The van der Waals surface area contributed by atoms with Crippen LogP contribution < -0.4 is 11.1 Å². The molecule has 0 aliphatic carbocycles. The van der Waals surface area contributed by atoms with E-state index in [1.807, 2.05) is 6.07 Å². The van der Waals surface area contributed by atoms with Gasteiger partial charge in [0.25, 0.3) is 0 Å². The van der Waals surface area contributed by atoms with Gasteiger partial charge >= 0.3 is 0 Å². The Labute approximate surface area is 128 Å². The van der Waals surface area contributed by atoms with Crippen molar-refractivity contribution in [3.05, 3.63) is 71.8 Å². The maximum absolute atomic E-state index is 6.04. The molecule has 2 aromatic carbocycles. The molecule has 0 heterocycles. The summed E-state index contributed by atoms with van der Waals surface area (Å²) in [7, 11) is 0. The van der Waals surface area contributed by atoms with Gasteiger partial charge in [-0.05, 0) is 37.8 Å². The van der Waals surface area contributed by atoms with Gasteiger partial charge in [-0.3, -0.25) is 0 Å². The van der Waals surface area contributed by atoms with Crippen molar-refractivity contribution >= 4 is 0 Å². The molecular weight excluding hydrogens is 256 g/mol. The van der Waals surface area contributed by atoms with E-state index < -0.39 is 0 Å². The lowest BCUT2D eigenvalue weighted by molar-refractivity contribution is 0.307. The van der Waals surface area contributed by atoms with Crippen molar-refractivity contribution in [3.8, 4) is 0 Å². The van der Waals surface area contributed by atoms with E-state index in [2.05, 4.69) is 73.8 Å². The summed E-state index contributed by atoms with van der Waals surface area (Å²) in [4.78, 5) is 0. The average Bonchev–Trinajstić information content (AvgIpc) is 2.55. The third-order valence-corrected chi connectivity index (χ3v) is 4.12. The van der Waals surface area contributed by atoms with Crippen LogP contribution in [0.3, 0.4) is 0 Å². The topological polar surface area (TPSA) is 38.0 Å².